The van der Waals surface area contributed by atoms with Gasteiger partial charge in [0.1, 0.15) is 5.69 Å². The van der Waals surface area contributed by atoms with Gasteiger partial charge in [0.2, 0.25) is 0 Å². The third-order valence-electron chi connectivity index (χ3n) is 7.52. The molecule has 192 valence electrons. The van der Waals surface area contributed by atoms with Gasteiger partial charge in [-0.3, -0.25) is 0 Å². The minimum Gasteiger partial charge on any atom is -0.244 e. The van der Waals surface area contributed by atoms with Crippen LogP contribution in [-0.4, -0.2) is 15.0 Å². The van der Waals surface area contributed by atoms with Crippen molar-refractivity contribution >= 4 is 42.4 Å². The molecule has 0 bridgehead atoms. The van der Waals surface area contributed by atoms with Gasteiger partial charge in [-0.25, -0.2) is 15.0 Å². The molecule has 8 aromatic rings. The Balaban J connectivity index is 1.24. The van der Waals surface area contributed by atoms with Crippen molar-refractivity contribution in [2.24, 2.45) is 0 Å². The standard InChI is InChI=1S/C37H23N3S/c1-2-9-25(10-3-1)33-23-34(40-37(39-33)32-22-21-26-11-4-6-15-31(26)38-32)27-19-17-24(18-20-27)28-13-8-14-30-29-12-5-7-16-35(29)41-36(28)30/h1-23H. The van der Waals surface area contributed by atoms with Crippen LogP contribution in [0.5, 0.6) is 0 Å². The Bertz CT molecular complexity index is 2200. The minimum absolute atomic E-state index is 0.617. The molecule has 0 amide bonds. The molecule has 0 spiro atoms. The number of hydrogen-bond donors (Lipinski definition) is 0. The lowest BCUT2D eigenvalue weighted by molar-refractivity contribution is 1.16. The molecule has 0 aliphatic carbocycles. The highest BCUT2D eigenvalue weighted by atomic mass is 32.1. The fourth-order valence-electron chi connectivity index (χ4n) is 5.45. The number of benzene rings is 5. The van der Waals surface area contributed by atoms with Gasteiger partial charge in [-0.1, -0.05) is 115 Å². The number of rotatable bonds is 4. The molecule has 8 rings (SSSR count). The summed E-state index contributed by atoms with van der Waals surface area (Å²) in [6, 6.07) is 48.5. The van der Waals surface area contributed by atoms with Gasteiger partial charge in [0.25, 0.3) is 0 Å². The fraction of sp³-hybridized carbons (Fsp3) is 0. The van der Waals surface area contributed by atoms with Crippen molar-refractivity contribution in [3.63, 3.8) is 0 Å². The lowest BCUT2D eigenvalue weighted by Gasteiger charge is -2.10. The SMILES string of the molecule is c1ccc(-c2cc(-c3ccc(-c4cccc5c4sc4ccccc45)cc3)nc(-c3ccc4ccccc4n3)n2)cc1. The molecule has 0 aliphatic rings. The number of pyridine rings is 1. The molecular formula is C37H23N3S. The van der Waals surface area contributed by atoms with Crippen molar-refractivity contribution in [3.05, 3.63) is 140 Å². The summed E-state index contributed by atoms with van der Waals surface area (Å²) in [5.74, 6) is 0.617. The Morgan fingerprint density at radius 2 is 1.12 bits per heavy atom. The highest BCUT2D eigenvalue weighted by molar-refractivity contribution is 7.26. The van der Waals surface area contributed by atoms with Crippen LogP contribution in [0.1, 0.15) is 0 Å². The number of fused-ring (bicyclic) bond motifs is 4. The van der Waals surface area contributed by atoms with Crippen LogP contribution in [0.25, 0.3) is 76.2 Å². The fourth-order valence-corrected chi connectivity index (χ4v) is 6.69. The first-order valence-electron chi connectivity index (χ1n) is 13.6. The first-order chi connectivity index (χ1) is 20.3. The second-order valence-corrected chi connectivity index (χ2v) is 11.1. The molecule has 3 aromatic heterocycles. The molecule has 41 heavy (non-hydrogen) atoms. The first kappa shape index (κ1) is 23.7. The normalized spacial score (nSPS) is 11.4. The predicted octanol–water partition coefficient (Wildman–Crippen LogP) is 10.1. The summed E-state index contributed by atoms with van der Waals surface area (Å²) in [4.78, 5) is 14.9. The average molecular weight is 542 g/mol. The molecule has 3 nitrogen and oxygen atoms in total. The molecule has 3 heterocycles. The van der Waals surface area contributed by atoms with Crippen LogP contribution >= 0.6 is 11.3 Å². The highest BCUT2D eigenvalue weighted by Gasteiger charge is 2.14. The number of nitrogens with zero attached hydrogens (tertiary/aromatic N) is 3. The lowest BCUT2D eigenvalue weighted by atomic mass is 10.00. The summed E-state index contributed by atoms with van der Waals surface area (Å²) in [5.41, 5.74) is 7.97. The van der Waals surface area contributed by atoms with Gasteiger partial charge in [0.05, 0.1) is 16.9 Å². The summed E-state index contributed by atoms with van der Waals surface area (Å²) >= 11 is 1.86. The Hall–Kier alpha value is -5.19. The number of hydrogen-bond acceptors (Lipinski definition) is 4. The Morgan fingerprint density at radius 3 is 1.98 bits per heavy atom. The van der Waals surface area contributed by atoms with Crippen LogP contribution < -0.4 is 0 Å². The molecule has 0 saturated heterocycles. The van der Waals surface area contributed by atoms with E-state index in [1.807, 2.05) is 53.8 Å². The number of para-hydroxylation sites is 1. The zero-order valence-electron chi connectivity index (χ0n) is 22.0. The van der Waals surface area contributed by atoms with Crippen LogP contribution in [0.4, 0.5) is 0 Å². The van der Waals surface area contributed by atoms with E-state index in [2.05, 4.69) is 97.1 Å². The second kappa shape index (κ2) is 9.77. The maximum absolute atomic E-state index is 5.02. The molecule has 0 atom stereocenters. The lowest BCUT2D eigenvalue weighted by Crippen LogP contribution is -1.97. The van der Waals surface area contributed by atoms with E-state index in [0.29, 0.717) is 5.82 Å². The summed E-state index contributed by atoms with van der Waals surface area (Å²) in [6.45, 7) is 0. The van der Waals surface area contributed by atoms with Crippen molar-refractivity contribution < 1.29 is 0 Å². The smallest absolute Gasteiger partial charge is 0.179 e. The number of aromatic nitrogens is 3. The van der Waals surface area contributed by atoms with Crippen molar-refractivity contribution in [1.29, 1.82) is 0 Å². The third kappa shape index (κ3) is 4.26. The van der Waals surface area contributed by atoms with Crippen molar-refractivity contribution in [1.82, 2.24) is 15.0 Å². The van der Waals surface area contributed by atoms with Gasteiger partial charge in [-0.2, -0.15) is 0 Å². The maximum atomic E-state index is 5.02. The maximum Gasteiger partial charge on any atom is 0.179 e. The molecule has 0 fully saturated rings. The highest BCUT2D eigenvalue weighted by Crippen LogP contribution is 2.40. The first-order valence-corrected chi connectivity index (χ1v) is 14.4. The summed E-state index contributed by atoms with van der Waals surface area (Å²) in [7, 11) is 0. The Labute approximate surface area is 241 Å². The quantitative estimate of drug-likeness (QED) is 0.222. The molecule has 4 heteroatoms. The van der Waals surface area contributed by atoms with Gasteiger partial charge in [-0.15, -0.1) is 11.3 Å². The second-order valence-electron chi connectivity index (χ2n) is 10.1. The molecular weight excluding hydrogens is 518 g/mol. The minimum atomic E-state index is 0.617. The monoisotopic (exact) mass is 541 g/mol. The molecule has 0 radical (unpaired) electrons. The van der Waals surface area contributed by atoms with Crippen LogP contribution in [0, 0.1) is 0 Å². The van der Waals surface area contributed by atoms with Crippen LogP contribution in [0.15, 0.2) is 140 Å². The average Bonchev–Trinajstić information content (AvgIpc) is 3.44. The van der Waals surface area contributed by atoms with Crippen molar-refractivity contribution in [2.45, 2.75) is 0 Å². The molecule has 0 unspecified atom stereocenters. The summed E-state index contributed by atoms with van der Waals surface area (Å²) < 4.78 is 2.63. The van der Waals surface area contributed by atoms with Gasteiger partial charge >= 0.3 is 0 Å². The van der Waals surface area contributed by atoms with E-state index >= 15 is 0 Å². The zero-order chi connectivity index (χ0) is 27.2. The van der Waals surface area contributed by atoms with E-state index in [4.69, 9.17) is 15.0 Å². The van der Waals surface area contributed by atoms with Crippen LogP contribution in [0.3, 0.4) is 0 Å². The summed E-state index contributed by atoms with van der Waals surface area (Å²) in [6.07, 6.45) is 0. The molecule has 0 saturated carbocycles. The van der Waals surface area contributed by atoms with Gasteiger partial charge in [-0.05, 0) is 35.4 Å². The molecule has 0 aliphatic heterocycles. The van der Waals surface area contributed by atoms with E-state index in [1.54, 1.807) is 0 Å². The van der Waals surface area contributed by atoms with E-state index in [0.717, 1.165) is 39.1 Å². The third-order valence-corrected chi connectivity index (χ3v) is 8.74. The summed E-state index contributed by atoms with van der Waals surface area (Å²) in [5, 5.41) is 3.72. The van der Waals surface area contributed by atoms with Gasteiger partial charge in [0.15, 0.2) is 5.82 Å². The molecule has 0 N–H and O–H groups in total. The largest absolute Gasteiger partial charge is 0.244 e. The number of thiophene rings is 1. The van der Waals surface area contributed by atoms with Crippen molar-refractivity contribution in [2.75, 3.05) is 0 Å². The van der Waals surface area contributed by atoms with E-state index in [-0.39, 0.29) is 0 Å². The molecule has 5 aromatic carbocycles. The Kier molecular flexibility index (Phi) is 5.64. The van der Waals surface area contributed by atoms with Gasteiger partial charge < -0.3 is 0 Å². The van der Waals surface area contributed by atoms with Crippen LogP contribution in [-0.2, 0) is 0 Å². The van der Waals surface area contributed by atoms with Crippen LogP contribution in [0.2, 0.25) is 0 Å². The zero-order valence-corrected chi connectivity index (χ0v) is 22.8. The topological polar surface area (TPSA) is 38.7 Å². The van der Waals surface area contributed by atoms with E-state index in [9.17, 15) is 0 Å². The van der Waals surface area contributed by atoms with Crippen molar-refractivity contribution in [3.8, 4) is 45.2 Å². The predicted molar refractivity (Wildman–Crippen MR) is 172 cm³/mol. The van der Waals surface area contributed by atoms with E-state index < -0.39 is 0 Å². The van der Waals surface area contributed by atoms with Gasteiger partial charge in [0, 0.05) is 36.7 Å². The van der Waals surface area contributed by atoms with E-state index in [1.165, 1.54) is 31.3 Å². The Morgan fingerprint density at radius 1 is 0.439 bits per heavy atom.